The molecule has 0 unspecified atom stereocenters. The first-order chi connectivity index (χ1) is 13.1. The van der Waals surface area contributed by atoms with Gasteiger partial charge in [0.05, 0.1) is 40.1 Å². The lowest BCUT2D eigenvalue weighted by Crippen LogP contribution is -1.96. The standard InChI is InChI=1S/C20H19NO6/c1-22-15-6-12(7-18-20(15)27-11-26-18)5-14(10-21)13-8-16(23-2)19(25-4)17(9-13)24-3/h5-9H,11H2,1-4H3/b14-5+. The molecular weight excluding hydrogens is 350 g/mol. The van der Waals surface area contributed by atoms with Crippen molar-refractivity contribution in [1.82, 2.24) is 0 Å². The van der Waals surface area contributed by atoms with Crippen molar-refractivity contribution in [3.05, 3.63) is 35.4 Å². The third-order valence-electron chi connectivity index (χ3n) is 4.09. The minimum Gasteiger partial charge on any atom is -0.493 e. The highest BCUT2D eigenvalue weighted by molar-refractivity contribution is 5.91. The van der Waals surface area contributed by atoms with E-state index in [0.29, 0.717) is 45.6 Å². The van der Waals surface area contributed by atoms with Crippen molar-refractivity contribution in [3.8, 4) is 40.6 Å². The molecule has 0 aromatic heterocycles. The van der Waals surface area contributed by atoms with Crippen LogP contribution in [0, 0.1) is 11.3 Å². The Morgan fingerprint density at radius 3 is 2.15 bits per heavy atom. The molecule has 140 valence electrons. The minimum atomic E-state index is 0.136. The average Bonchev–Trinajstić information content (AvgIpc) is 3.18. The van der Waals surface area contributed by atoms with E-state index in [4.69, 9.17) is 28.4 Å². The number of methoxy groups -OCH3 is 4. The first-order valence-electron chi connectivity index (χ1n) is 8.05. The molecule has 0 saturated heterocycles. The SMILES string of the molecule is COc1cc(/C(C#N)=C/c2cc(OC)c3c(c2)OCO3)cc(OC)c1OC. The van der Waals surface area contributed by atoms with Crippen molar-refractivity contribution in [2.24, 2.45) is 0 Å². The van der Waals surface area contributed by atoms with Crippen LogP contribution in [0.4, 0.5) is 0 Å². The van der Waals surface area contributed by atoms with Gasteiger partial charge in [-0.3, -0.25) is 0 Å². The predicted octanol–water partition coefficient (Wildman–Crippen LogP) is 3.51. The van der Waals surface area contributed by atoms with Gasteiger partial charge in [-0.2, -0.15) is 5.26 Å². The molecule has 0 radical (unpaired) electrons. The second-order valence-electron chi connectivity index (χ2n) is 5.54. The lowest BCUT2D eigenvalue weighted by atomic mass is 10.0. The third kappa shape index (κ3) is 3.42. The van der Waals surface area contributed by atoms with Gasteiger partial charge in [0.25, 0.3) is 0 Å². The maximum atomic E-state index is 9.70. The Labute approximate surface area is 157 Å². The van der Waals surface area contributed by atoms with Crippen molar-refractivity contribution in [3.63, 3.8) is 0 Å². The zero-order valence-corrected chi connectivity index (χ0v) is 15.5. The molecule has 1 heterocycles. The van der Waals surface area contributed by atoms with E-state index < -0.39 is 0 Å². The maximum Gasteiger partial charge on any atom is 0.231 e. The van der Waals surface area contributed by atoms with Crippen LogP contribution in [-0.2, 0) is 0 Å². The first-order valence-corrected chi connectivity index (χ1v) is 8.05. The zero-order valence-electron chi connectivity index (χ0n) is 15.5. The summed E-state index contributed by atoms with van der Waals surface area (Å²) in [5.41, 5.74) is 1.78. The van der Waals surface area contributed by atoms with Crippen molar-refractivity contribution < 1.29 is 28.4 Å². The fourth-order valence-electron chi connectivity index (χ4n) is 2.82. The number of rotatable bonds is 6. The largest absolute Gasteiger partial charge is 0.493 e. The van der Waals surface area contributed by atoms with Crippen molar-refractivity contribution in [1.29, 1.82) is 5.26 Å². The third-order valence-corrected chi connectivity index (χ3v) is 4.09. The Hall–Kier alpha value is -3.53. The van der Waals surface area contributed by atoms with Crippen LogP contribution in [0.15, 0.2) is 24.3 Å². The van der Waals surface area contributed by atoms with Crippen molar-refractivity contribution >= 4 is 11.6 Å². The van der Waals surface area contributed by atoms with E-state index in [1.165, 1.54) is 21.3 Å². The molecule has 1 aliphatic rings. The van der Waals surface area contributed by atoms with Gasteiger partial charge in [-0.1, -0.05) is 0 Å². The molecule has 1 aliphatic heterocycles. The van der Waals surface area contributed by atoms with E-state index in [-0.39, 0.29) is 6.79 Å². The molecule has 2 aromatic carbocycles. The summed E-state index contributed by atoms with van der Waals surface area (Å²) in [5.74, 6) is 3.07. The number of nitriles is 1. The van der Waals surface area contributed by atoms with Crippen LogP contribution in [0.3, 0.4) is 0 Å². The van der Waals surface area contributed by atoms with Crippen LogP contribution in [0.1, 0.15) is 11.1 Å². The number of benzene rings is 2. The van der Waals surface area contributed by atoms with Crippen molar-refractivity contribution in [2.75, 3.05) is 35.2 Å². The molecule has 0 N–H and O–H groups in total. The zero-order chi connectivity index (χ0) is 19.4. The molecule has 0 spiro atoms. The number of nitrogens with zero attached hydrogens (tertiary/aromatic N) is 1. The van der Waals surface area contributed by atoms with Gasteiger partial charge >= 0.3 is 0 Å². The molecule has 2 aromatic rings. The van der Waals surface area contributed by atoms with E-state index in [1.54, 1.807) is 37.5 Å². The number of allylic oxidation sites excluding steroid dienone is 1. The van der Waals surface area contributed by atoms with Gasteiger partial charge in [-0.25, -0.2) is 0 Å². The van der Waals surface area contributed by atoms with Gasteiger partial charge in [0.15, 0.2) is 23.0 Å². The summed E-state index contributed by atoms with van der Waals surface area (Å²) >= 11 is 0. The summed E-state index contributed by atoms with van der Waals surface area (Å²) in [6.45, 7) is 0.136. The van der Waals surface area contributed by atoms with Crippen LogP contribution < -0.4 is 28.4 Å². The fraction of sp³-hybridized carbons (Fsp3) is 0.250. The Morgan fingerprint density at radius 2 is 1.59 bits per heavy atom. The highest BCUT2D eigenvalue weighted by Gasteiger charge is 2.20. The number of hydrogen-bond donors (Lipinski definition) is 0. The predicted molar refractivity (Wildman–Crippen MR) is 98.7 cm³/mol. The molecule has 7 heteroatoms. The van der Waals surface area contributed by atoms with Gasteiger partial charge in [-0.05, 0) is 41.5 Å². The smallest absolute Gasteiger partial charge is 0.231 e. The Balaban J connectivity index is 2.09. The van der Waals surface area contributed by atoms with E-state index in [1.807, 2.05) is 0 Å². The lowest BCUT2D eigenvalue weighted by Gasteiger charge is -2.14. The molecule has 0 aliphatic carbocycles. The van der Waals surface area contributed by atoms with Crippen LogP contribution in [-0.4, -0.2) is 35.2 Å². The molecular formula is C20H19NO6. The molecule has 0 fully saturated rings. The van der Waals surface area contributed by atoms with Gasteiger partial charge in [0.2, 0.25) is 18.3 Å². The summed E-state index contributed by atoms with van der Waals surface area (Å²) in [6, 6.07) is 9.23. The highest BCUT2D eigenvalue weighted by Crippen LogP contribution is 2.43. The van der Waals surface area contributed by atoms with Crippen LogP contribution in [0.2, 0.25) is 0 Å². The normalized spacial score (nSPS) is 12.3. The minimum absolute atomic E-state index is 0.136. The summed E-state index contributed by atoms with van der Waals surface area (Å²) < 4.78 is 32.2. The number of fused-ring (bicyclic) bond motifs is 1. The van der Waals surface area contributed by atoms with Crippen LogP contribution in [0.5, 0.6) is 34.5 Å². The quantitative estimate of drug-likeness (QED) is 0.569. The molecule has 3 rings (SSSR count). The van der Waals surface area contributed by atoms with Crippen LogP contribution in [0.25, 0.3) is 11.6 Å². The summed E-state index contributed by atoms with van der Waals surface area (Å²) in [7, 11) is 6.13. The monoisotopic (exact) mass is 369 g/mol. The van der Waals surface area contributed by atoms with Gasteiger partial charge in [0.1, 0.15) is 0 Å². The van der Waals surface area contributed by atoms with E-state index in [0.717, 1.165) is 5.56 Å². The number of hydrogen-bond acceptors (Lipinski definition) is 7. The summed E-state index contributed by atoms with van der Waals surface area (Å²) in [6.07, 6.45) is 1.73. The Bertz CT molecular complexity index is 904. The van der Waals surface area contributed by atoms with Gasteiger partial charge in [-0.15, -0.1) is 0 Å². The van der Waals surface area contributed by atoms with Gasteiger partial charge < -0.3 is 28.4 Å². The average molecular weight is 369 g/mol. The van der Waals surface area contributed by atoms with E-state index in [2.05, 4.69) is 6.07 Å². The molecule has 0 bridgehead atoms. The molecule has 0 amide bonds. The first kappa shape index (κ1) is 18.3. The fourth-order valence-corrected chi connectivity index (χ4v) is 2.82. The molecule has 0 atom stereocenters. The molecule has 27 heavy (non-hydrogen) atoms. The molecule has 7 nitrogen and oxygen atoms in total. The van der Waals surface area contributed by atoms with E-state index >= 15 is 0 Å². The van der Waals surface area contributed by atoms with Crippen molar-refractivity contribution in [2.45, 2.75) is 0 Å². The van der Waals surface area contributed by atoms with E-state index in [9.17, 15) is 5.26 Å². The summed E-state index contributed by atoms with van der Waals surface area (Å²) in [4.78, 5) is 0. The molecule has 0 saturated carbocycles. The number of ether oxygens (including phenoxy) is 6. The highest BCUT2D eigenvalue weighted by atomic mass is 16.7. The van der Waals surface area contributed by atoms with Gasteiger partial charge in [0, 0.05) is 0 Å². The van der Waals surface area contributed by atoms with Crippen LogP contribution >= 0.6 is 0 Å². The lowest BCUT2D eigenvalue weighted by molar-refractivity contribution is 0.171. The second-order valence-corrected chi connectivity index (χ2v) is 5.54. The summed E-state index contributed by atoms with van der Waals surface area (Å²) in [5, 5.41) is 9.70. The Morgan fingerprint density at radius 1 is 0.926 bits per heavy atom. The Kier molecular flexibility index (Phi) is 5.27. The topological polar surface area (TPSA) is 79.2 Å². The maximum absolute atomic E-state index is 9.70. The second kappa shape index (κ2) is 7.79.